The molecule has 0 spiro atoms. The Morgan fingerprint density at radius 1 is 1.00 bits per heavy atom. The van der Waals surface area contributed by atoms with E-state index in [1.807, 2.05) is 36.4 Å². The van der Waals surface area contributed by atoms with Crippen molar-refractivity contribution in [2.24, 2.45) is 0 Å². The van der Waals surface area contributed by atoms with Crippen molar-refractivity contribution in [3.05, 3.63) is 66.6 Å². The van der Waals surface area contributed by atoms with Crippen molar-refractivity contribution in [2.75, 3.05) is 0 Å². The van der Waals surface area contributed by atoms with E-state index >= 15 is 0 Å². The summed E-state index contributed by atoms with van der Waals surface area (Å²) < 4.78 is 5.44. The second-order valence-electron chi connectivity index (χ2n) is 3.98. The summed E-state index contributed by atoms with van der Waals surface area (Å²) in [5, 5.41) is 0.879. The third-order valence-corrected chi connectivity index (χ3v) is 3.56. The van der Waals surface area contributed by atoms with E-state index in [0.29, 0.717) is 5.89 Å². The number of hydrogen-bond donors (Lipinski definition) is 0. The monoisotopic (exact) mass is 268 g/mol. The smallest absolute Gasteiger partial charge is 0.246 e. The van der Waals surface area contributed by atoms with Crippen LogP contribution in [0.4, 0.5) is 0 Å². The van der Waals surface area contributed by atoms with Crippen LogP contribution >= 0.6 is 11.8 Å². The molecule has 0 saturated heterocycles. The zero-order chi connectivity index (χ0) is 12.9. The third kappa shape index (κ3) is 3.03. The van der Waals surface area contributed by atoms with Crippen molar-refractivity contribution in [2.45, 2.75) is 10.8 Å². The SMILES string of the molecule is c1ccc(CSc2coc(-c3ccccn3)n2)cc1. The molecule has 0 amide bonds. The van der Waals surface area contributed by atoms with Gasteiger partial charge in [0.05, 0.1) is 0 Å². The first kappa shape index (κ1) is 12.0. The number of benzene rings is 1. The second-order valence-corrected chi connectivity index (χ2v) is 4.98. The molecule has 0 aliphatic rings. The first-order valence-corrected chi connectivity index (χ1v) is 6.94. The molecular formula is C15H12N2OS. The van der Waals surface area contributed by atoms with Gasteiger partial charge in [0.1, 0.15) is 17.0 Å². The topological polar surface area (TPSA) is 38.9 Å². The maximum Gasteiger partial charge on any atom is 0.246 e. The Morgan fingerprint density at radius 3 is 2.63 bits per heavy atom. The van der Waals surface area contributed by atoms with E-state index in [2.05, 4.69) is 22.1 Å². The van der Waals surface area contributed by atoms with Gasteiger partial charge >= 0.3 is 0 Å². The fourth-order valence-electron chi connectivity index (χ4n) is 1.66. The maximum atomic E-state index is 5.44. The highest BCUT2D eigenvalue weighted by Gasteiger charge is 2.07. The fourth-order valence-corrected chi connectivity index (χ4v) is 2.43. The Kier molecular flexibility index (Phi) is 3.61. The number of nitrogens with zero attached hydrogens (tertiary/aromatic N) is 2. The van der Waals surface area contributed by atoms with Gasteiger partial charge in [-0.3, -0.25) is 4.98 Å². The van der Waals surface area contributed by atoms with Crippen LogP contribution in [0.3, 0.4) is 0 Å². The van der Waals surface area contributed by atoms with Crippen LogP contribution in [0, 0.1) is 0 Å². The lowest BCUT2D eigenvalue weighted by Gasteiger charge is -1.97. The summed E-state index contributed by atoms with van der Waals surface area (Å²) in [4.78, 5) is 8.64. The summed E-state index contributed by atoms with van der Waals surface area (Å²) in [5.41, 5.74) is 2.03. The molecule has 0 saturated carbocycles. The van der Waals surface area contributed by atoms with Gasteiger partial charge in [-0.1, -0.05) is 48.2 Å². The van der Waals surface area contributed by atoms with Gasteiger partial charge in [0, 0.05) is 11.9 Å². The highest BCUT2D eigenvalue weighted by atomic mass is 32.2. The average Bonchev–Trinajstić information content (AvgIpc) is 2.96. The molecule has 0 aliphatic carbocycles. The summed E-state index contributed by atoms with van der Waals surface area (Å²) in [5.74, 6) is 1.45. The van der Waals surface area contributed by atoms with Gasteiger partial charge in [-0.25, -0.2) is 4.98 Å². The molecule has 3 rings (SSSR count). The quantitative estimate of drug-likeness (QED) is 0.670. The van der Waals surface area contributed by atoms with Crippen LogP contribution in [0.1, 0.15) is 5.56 Å². The molecule has 2 heterocycles. The lowest BCUT2D eigenvalue weighted by Crippen LogP contribution is -1.82. The Bertz CT molecular complexity index is 638. The molecule has 4 heteroatoms. The van der Waals surface area contributed by atoms with Crippen LogP contribution in [0.2, 0.25) is 0 Å². The maximum absolute atomic E-state index is 5.44. The van der Waals surface area contributed by atoms with Crippen molar-refractivity contribution in [3.63, 3.8) is 0 Å². The van der Waals surface area contributed by atoms with Gasteiger partial charge in [-0.05, 0) is 17.7 Å². The summed E-state index contributed by atoms with van der Waals surface area (Å²) >= 11 is 1.66. The van der Waals surface area contributed by atoms with Gasteiger partial charge in [-0.15, -0.1) is 0 Å². The lowest BCUT2D eigenvalue weighted by molar-refractivity contribution is 0.569. The van der Waals surface area contributed by atoms with Crippen LogP contribution in [-0.4, -0.2) is 9.97 Å². The van der Waals surface area contributed by atoms with E-state index < -0.39 is 0 Å². The summed E-state index contributed by atoms with van der Waals surface area (Å²) in [6, 6.07) is 16.0. The van der Waals surface area contributed by atoms with E-state index in [-0.39, 0.29) is 0 Å². The lowest BCUT2D eigenvalue weighted by atomic mass is 10.2. The highest BCUT2D eigenvalue weighted by molar-refractivity contribution is 7.98. The first-order valence-electron chi connectivity index (χ1n) is 5.95. The Morgan fingerprint density at radius 2 is 1.84 bits per heavy atom. The van der Waals surface area contributed by atoms with Gasteiger partial charge in [0.2, 0.25) is 5.89 Å². The minimum atomic E-state index is 0.566. The van der Waals surface area contributed by atoms with E-state index in [1.165, 1.54) is 5.56 Å². The van der Waals surface area contributed by atoms with E-state index in [1.54, 1.807) is 24.2 Å². The standard InChI is InChI=1S/C15H12N2OS/c1-2-6-12(7-3-1)11-19-14-10-18-15(17-14)13-8-4-5-9-16-13/h1-10H,11H2. The highest BCUT2D eigenvalue weighted by Crippen LogP contribution is 2.25. The molecule has 0 N–H and O–H groups in total. The molecule has 3 aromatic rings. The molecule has 0 bridgehead atoms. The minimum Gasteiger partial charge on any atom is -0.442 e. The summed E-state index contributed by atoms with van der Waals surface area (Å²) in [7, 11) is 0. The molecule has 2 aromatic heterocycles. The number of aromatic nitrogens is 2. The Labute approximate surface area is 115 Å². The molecule has 0 aliphatic heterocycles. The predicted octanol–water partition coefficient (Wildman–Crippen LogP) is 4.03. The van der Waals surface area contributed by atoms with Crippen LogP contribution in [0.15, 0.2) is 70.4 Å². The molecule has 1 aromatic carbocycles. The molecule has 3 nitrogen and oxygen atoms in total. The van der Waals surface area contributed by atoms with Crippen LogP contribution in [-0.2, 0) is 5.75 Å². The predicted molar refractivity (Wildman–Crippen MR) is 75.7 cm³/mol. The van der Waals surface area contributed by atoms with Gasteiger partial charge < -0.3 is 4.42 Å². The third-order valence-electron chi connectivity index (χ3n) is 2.60. The zero-order valence-electron chi connectivity index (χ0n) is 10.2. The average molecular weight is 268 g/mol. The van der Waals surface area contributed by atoms with Crippen molar-refractivity contribution in [1.29, 1.82) is 0 Å². The van der Waals surface area contributed by atoms with Crippen LogP contribution < -0.4 is 0 Å². The normalized spacial score (nSPS) is 10.5. The number of oxazole rings is 1. The Hall–Kier alpha value is -2.07. The van der Waals surface area contributed by atoms with E-state index in [9.17, 15) is 0 Å². The molecule has 19 heavy (non-hydrogen) atoms. The molecule has 0 unspecified atom stereocenters. The number of hydrogen-bond acceptors (Lipinski definition) is 4. The van der Waals surface area contributed by atoms with Crippen molar-refractivity contribution in [1.82, 2.24) is 9.97 Å². The fraction of sp³-hybridized carbons (Fsp3) is 0.0667. The molecule has 0 atom stereocenters. The van der Waals surface area contributed by atoms with Gasteiger partial charge in [0.15, 0.2) is 0 Å². The second kappa shape index (κ2) is 5.71. The van der Waals surface area contributed by atoms with Crippen LogP contribution in [0.5, 0.6) is 0 Å². The number of thioether (sulfide) groups is 1. The zero-order valence-corrected chi connectivity index (χ0v) is 11.0. The number of pyridine rings is 1. The first-order chi connectivity index (χ1) is 9.42. The summed E-state index contributed by atoms with van der Waals surface area (Å²) in [6.07, 6.45) is 3.41. The molecule has 0 fully saturated rings. The van der Waals surface area contributed by atoms with Crippen molar-refractivity contribution in [3.8, 4) is 11.6 Å². The summed E-state index contributed by atoms with van der Waals surface area (Å²) in [6.45, 7) is 0. The van der Waals surface area contributed by atoms with E-state index in [4.69, 9.17) is 4.42 Å². The van der Waals surface area contributed by atoms with Gasteiger partial charge in [-0.2, -0.15) is 0 Å². The molecular weight excluding hydrogens is 256 g/mol. The van der Waals surface area contributed by atoms with E-state index in [0.717, 1.165) is 16.5 Å². The van der Waals surface area contributed by atoms with Crippen LogP contribution in [0.25, 0.3) is 11.6 Å². The number of rotatable bonds is 4. The Balaban J connectivity index is 1.69. The van der Waals surface area contributed by atoms with Crippen molar-refractivity contribution < 1.29 is 4.42 Å². The molecule has 0 radical (unpaired) electrons. The minimum absolute atomic E-state index is 0.566. The van der Waals surface area contributed by atoms with Gasteiger partial charge in [0.25, 0.3) is 0 Å². The molecule has 94 valence electrons. The largest absolute Gasteiger partial charge is 0.442 e. The van der Waals surface area contributed by atoms with Crippen molar-refractivity contribution >= 4 is 11.8 Å².